The van der Waals surface area contributed by atoms with Crippen LogP contribution in [0.5, 0.6) is 5.75 Å². The number of aromatic nitrogens is 4. The number of nitrogens with two attached hydrogens (primary N) is 1. The molecule has 5 aromatic rings. The number of benzene rings is 3. The van der Waals surface area contributed by atoms with E-state index < -0.39 is 5.43 Å². The third kappa shape index (κ3) is 5.07. The number of rotatable bonds is 8. The molecule has 0 aliphatic heterocycles. The summed E-state index contributed by atoms with van der Waals surface area (Å²) in [6.45, 7) is 2.32. The van der Waals surface area contributed by atoms with Crippen molar-refractivity contribution in [2.24, 2.45) is 0 Å². The van der Waals surface area contributed by atoms with Gasteiger partial charge < -0.3 is 14.9 Å². The molecular formula is C27H22ClN5O4. The second-order valence-corrected chi connectivity index (χ2v) is 8.97. The molecule has 5 rings (SSSR count). The minimum absolute atomic E-state index is 0.0213. The summed E-state index contributed by atoms with van der Waals surface area (Å²) in [6.07, 6.45) is 1.71. The van der Waals surface area contributed by atoms with Gasteiger partial charge in [-0.2, -0.15) is 5.21 Å². The summed E-state index contributed by atoms with van der Waals surface area (Å²) in [5.41, 5.74) is 8.04. The van der Waals surface area contributed by atoms with Crippen molar-refractivity contribution in [2.75, 3.05) is 12.3 Å². The molecule has 9 nitrogen and oxygen atoms in total. The Morgan fingerprint density at radius 3 is 2.57 bits per heavy atom. The molecule has 0 saturated heterocycles. The standard InChI is InChI=1S/C27H22ClN5O4/c1-15-13-20(25-21(14-15)24(35)22(29)26(37-25)27-30-32-33-31-27)23(34)17-6-10-19(11-7-17)36-12-2-3-16-4-8-18(28)9-5-16/h4-11,13-14H,2-3,12,29H2,1H3,(H,30,31,32,33). The average molecular weight is 516 g/mol. The van der Waals surface area contributed by atoms with Gasteiger partial charge in [0.25, 0.3) is 0 Å². The number of H-pyrrole nitrogens is 1. The lowest BCUT2D eigenvalue weighted by Gasteiger charge is -2.10. The number of nitrogens with one attached hydrogen (secondary N) is 1. The van der Waals surface area contributed by atoms with Gasteiger partial charge in [0.2, 0.25) is 17.0 Å². The molecule has 186 valence electrons. The zero-order valence-corrected chi connectivity index (χ0v) is 20.6. The zero-order chi connectivity index (χ0) is 25.9. The molecule has 2 heterocycles. The van der Waals surface area contributed by atoms with Crippen molar-refractivity contribution >= 4 is 34.0 Å². The van der Waals surface area contributed by atoms with Gasteiger partial charge in [-0.05, 0) is 84.6 Å². The first-order valence-electron chi connectivity index (χ1n) is 11.5. The van der Waals surface area contributed by atoms with Crippen LogP contribution in [0.3, 0.4) is 0 Å². The highest BCUT2D eigenvalue weighted by molar-refractivity contribution is 6.30. The van der Waals surface area contributed by atoms with E-state index in [4.69, 9.17) is 26.5 Å². The maximum atomic E-state index is 13.5. The lowest BCUT2D eigenvalue weighted by molar-refractivity contribution is 0.103. The summed E-state index contributed by atoms with van der Waals surface area (Å²) < 4.78 is 11.7. The van der Waals surface area contributed by atoms with Crippen LogP contribution in [-0.2, 0) is 6.42 Å². The van der Waals surface area contributed by atoms with E-state index in [1.807, 2.05) is 24.3 Å². The number of ketones is 1. The van der Waals surface area contributed by atoms with Crippen molar-refractivity contribution < 1.29 is 13.9 Å². The summed E-state index contributed by atoms with van der Waals surface area (Å²) in [6, 6.07) is 17.9. The third-order valence-corrected chi connectivity index (χ3v) is 6.12. The maximum Gasteiger partial charge on any atom is 0.242 e. The Kier molecular flexibility index (Phi) is 6.70. The molecule has 0 spiro atoms. The number of aryl methyl sites for hydroxylation is 2. The summed E-state index contributed by atoms with van der Waals surface area (Å²) in [5, 5.41) is 14.4. The van der Waals surface area contributed by atoms with Crippen LogP contribution in [0.1, 0.15) is 33.5 Å². The Morgan fingerprint density at radius 1 is 1.11 bits per heavy atom. The largest absolute Gasteiger partial charge is 0.494 e. The number of ether oxygens (including phenoxy) is 1. The summed E-state index contributed by atoms with van der Waals surface area (Å²) in [7, 11) is 0. The molecular weight excluding hydrogens is 494 g/mol. The van der Waals surface area contributed by atoms with Crippen molar-refractivity contribution in [1.29, 1.82) is 0 Å². The number of nitrogens with zero attached hydrogens (tertiary/aromatic N) is 3. The Balaban J connectivity index is 1.36. The van der Waals surface area contributed by atoms with E-state index in [9.17, 15) is 9.59 Å². The molecule has 0 bridgehead atoms. The molecule has 0 aliphatic rings. The molecule has 0 amide bonds. The number of fused-ring (bicyclic) bond motifs is 1. The van der Waals surface area contributed by atoms with Gasteiger partial charge in [0.15, 0.2) is 5.78 Å². The van der Waals surface area contributed by atoms with Gasteiger partial charge in [-0.3, -0.25) is 9.59 Å². The molecule has 2 aromatic heterocycles. The molecule has 0 fully saturated rings. The van der Waals surface area contributed by atoms with Gasteiger partial charge in [-0.15, -0.1) is 10.2 Å². The lowest BCUT2D eigenvalue weighted by atomic mass is 9.98. The van der Waals surface area contributed by atoms with Crippen LogP contribution in [0.2, 0.25) is 5.02 Å². The first kappa shape index (κ1) is 24.2. The predicted molar refractivity (Wildman–Crippen MR) is 140 cm³/mol. The van der Waals surface area contributed by atoms with Crippen molar-refractivity contribution in [3.63, 3.8) is 0 Å². The highest BCUT2D eigenvalue weighted by Gasteiger charge is 2.22. The Morgan fingerprint density at radius 2 is 1.86 bits per heavy atom. The number of tetrazole rings is 1. The Hall–Kier alpha value is -4.50. The number of hydrogen-bond acceptors (Lipinski definition) is 8. The number of nitrogen functional groups attached to an aromatic ring is 1. The van der Waals surface area contributed by atoms with Gasteiger partial charge in [0.05, 0.1) is 17.6 Å². The van der Waals surface area contributed by atoms with Crippen LogP contribution in [0, 0.1) is 6.92 Å². The summed E-state index contributed by atoms with van der Waals surface area (Å²) in [4.78, 5) is 26.4. The second kappa shape index (κ2) is 10.2. The molecule has 0 unspecified atom stereocenters. The SMILES string of the molecule is Cc1cc(C(=O)c2ccc(OCCCc3ccc(Cl)cc3)cc2)c2oc(-c3nn[nH]n3)c(N)c(=O)c2c1. The average Bonchev–Trinajstić information content (AvgIpc) is 3.44. The monoisotopic (exact) mass is 515 g/mol. The first-order chi connectivity index (χ1) is 17.9. The number of carbonyl (C=O) groups is 1. The predicted octanol–water partition coefficient (Wildman–Crippen LogP) is 4.76. The van der Waals surface area contributed by atoms with E-state index in [1.165, 1.54) is 5.56 Å². The lowest BCUT2D eigenvalue weighted by Crippen LogP contribution is -2.13. The Labute approximate surface area is 216 Å². The fourth-order valence-corrected chi connectivity index (χ4v) is 4.15. The van der Waals surface area contributed by atoms with Crippen molar-refractivity contribution in [1.82, 2.24) is 20.6 Å². The van der Waals surface area contributed by atoms with Crippen molar-refractivity contribution in [3.8, 4) is 17.3 Å². The van der Waals surface area contributed by atoms with E-state index in [0.717, 1.165) is 18.4 Å². The molecule has 0 aliphatic carbocycles. The van der Waals surface area contributed by atoms with Crippen LogP contribution >= 0.6 is 11.6 Å². The third-order valence-electron chi connectivity index (χ3n) is 5.87. The fraction of sp³-hybridized carbons (Fsp3) is 0.148. The molecule has 0 saturated carbocycles. The quantitative estimate of drug-likeness (QED) is 0.223. The highest BCUT2D eigenvalue weighted by Crippen LogP contribution is 2.29. The van der Waals surface area contributed by atoms with Crippen LogP contribution in [-0.4, -0.2) is 33.0 Å². The molecule has 0 atom stereocenters. The normalized spacial score (nSPS) is 11.1. The van der Waals surface area contributed by atoms with Crippen LogP contribution in [0.25, 0.3) is 22.6 Å². The summed E-state index contributed by atoms with van der Waals surface area (Å²) in [5.74, 6) is 0.315. The molecule has 0 radical (unpaired) electrons. The number of halogens is 1. The number of hydrogen-bond donors (Lipinski definition) is 2. The summed E-state index contributed by atoms with van der Waals surface area (Å²) >= 11 is 5.92. The first-order valence-corrected chi connectivity index (χ1v) is 11.9. The van der Waals surface area contributed by atoms with E-state index in [0.29, 0.717) is 22.9 Å². The van der Waals surface area contributed by atoms with Gasteiger partial charge >= 0.3 is 0 Å². The van der Waals surface area contributed by atoms with E-state index in [2.05, 4.69) is 20.6 Å². The molecule has 10 heteroatoms. The van der Waals surface area contributed by atoms with Crippen LogP contribution in [0.4, 0.5) is 5.69 Å². The number of anilines is 1. The topological polar surface area (TPSA) is 137 Å². The molecule has 37 heavy (non-hydrogen) atoms. The Bertz CT molecular complexity index is 1630. The zero-order valence-electron chi connectivity index (χ0n) is 19.8. The van der Waals surface area contributed by atoms with Crippen molar-refractivity contribution in [3.05, 3.63) is 98.2 Å². The highest BCUT2D eigenvalue weighted by atomic mass is 35.5. The van der Waals surface area contributed by atoms with Gasteiger partial charge in [-0.1, -0.05) is 23.7 Å². The molecule has 3 N–H and O–H groups in total. The van der Waals surface area contributed by atoms with Crippen LogP contribution in [0.15, 0.2) is 69.9 Å². The van der Waals surface area contributed by atoms with E-state index >= 15 is 0 Å². The van der Waals surface area contributed by atoms with E-state index in [1.54, 1.807) is 43.3 Å². The minimum Gasteiger partial charge on any atom is -0.494 e. The molecule has 3 aromatic carbocycles. The van der Waals surface area contributed by atoms with E-state index in [-0.39, 0.29) is 39.6 Å². The van der Waals surface area contributed by atoms with Gasteiger partial charge in [0, 0.05) is 10.6 Å². The smallest absolute Gasteiger partial charge is 0.242 e. The van der Waals surface area contributed by atoms with Crippen molar-refractivity contribution in [2.45, 2.75) is 19.8 Å². The minimum atomic E-state index is -0.471. The number of carbonyl (C=O) groups excluding carboxylic acids is 1. The van der Waals surface area contributed by atoms with Gasteiger partial charge in [0.1, 0.15) is 17.0 Å². The fourth-order valence-electron chi connectivity index (χ4n) is 4.03. The maximum absolute atomic E-state index is 13.5. The number of aromatic amines is 1. The second-order valence-electron chi connectivity index (χ2n) is 8.53. The van der Waals surface area contributed by atoms with Crippen LogP contribution < -0.4 is 15.9 Å². The van der Waals surface area contributed by atoms with Gasteiger partial charge in [-0.25, -0.2) is 0 Å².